The number of ether oxygens (including phenoxy) is 2. The average molecular weight is 397 g/mol. The molecule has 0 radical (unpaired) electrons. The molecule has 0 unspecified atom stereocenters. The van der Waals surface area contributed by atoms with Crippen molar-refractivity contribution in [3.8, 4) is 0 Å². The Morgan fingerprint density at radius 3 is 2.67 bits per heavy atom. The van der Waals surface area contributed by atoms with Crippen LogP contribution in [0.5, 0.6) is 0 Å². The summed E-state index contributed by atoms with van der Waals surface area (Å²) >= 11 is 2.22. The summed E-state index contributed by atoms with van der Waals surface area (Å²) in [7, 11) is 1.34. The van der Waals surface area contributed by atoms with E-state index < -0.39 is 12.1 Å². The number of allylic oxidation sites excluding steroid dienone is 1. The molecule has 110 valence electrons. The Labute approximate surface area is 137 Å². The van der Waals surface area contributed by atoms with Gasteiger partial charge in [-0.25, -0.2) is 4.79 Å². The molecule has 4 nitrogen and oxygen atoms in total. The molecule has 0 aliphatic carbocycles. The molecule has 21 heavy (non-hydrogen) atoms. The molecule has 1 aromatic heterocycles. The van der Waals surface area contributed by atoms with Gasteiger partial charge in [0.1, 0.15) is 0 Å². The van der Waals surface area contributed by atoms with Crippen LogP contribution in [0.2, 0.25) is 0 Å². The summed E-state index contributed by atoms with van der Waals surface area (Å²) < 4.78 is 11.4. The Hall–Kier alpha value is -1.63. The van der Waals surface area contributed by atoms with Gasteiger partial charge in [-0.2, -0.15) is 0 Å². The van der Waals surface area contributed by atoms with Gasteiger partial charge in [-0.1, -0.05) is 24.8 Å². The largest absolute Gasteiger partial charge is 0.479 e. The van der Waals surface area contributed by atoms with Crippen LogP contribution in [0.3, 0.4) is 0 Å². The summed E-state index contributed by atoms with van der Waals surface area (Å²) in [5, 5.41) is 0.984. The van der Waals surface area contributed by atoms with Crippen LogP contribution in [0.1, 0.15) is 24.3 Å². The minimum absolute atomic E-state index is 0.453. The predicted molar refractivity (Wildman–Crippen MR) is 89.9 cm³/mol. The van der Waals surface area contributed by atoms with Crippen molar-refractivity contribution in [3.63, 3.8) is 0 Å². The Bertz CT molecular complexity index is 712. The zero-order valence-corrected chi connectivity index (χ0v) is 14.3. The lowest BCUT2D eigenvalue weighted by molar-refractivity contribution is -0.152. The number of carbonyl (C=O) groups is 1. The molecule has 2 aromatic rings. The van der Waals surface area contributed by atoms with Crippen molar-refractivity contribution in [2.45, 2.75) is 20.0 Å². The number of benzene rings is 1. The van der Waals surface area contributed by atoms with Crippen molar-refractivity contribution in [3.05, 3.63) is 51.4 Å². The molecular weight excluding hydrogens is 381 g/mol. The smallest absolute Gasteiger partial charge is 0.351 e. The van der Waals surface area contributed by atoms with Crippen LogP contribution in [0.25, 0.3) is 10.9 Å². The summed E-state index contributed by atoms with van der Waals surface area (Å²) in [5.41, 5.74) is 2.36. The normalized spacial score (nSPS) is 12.0. The zero-order chi connectivity index (χ0) is 15.6. The van der Waals surface area contributed by atoms with E-state index in [0.29, 0.717) is 5.76 Å². The van der Waals surface area contributed by atoms with E-state index in [2.05, 4.69) is 34.2 Å². The summed E-state index contributed by atoms with van der Waals surface area (Å²) in [4.78, 5) is 16.6. The van der Waals surface area contributed by atoms with Crippen molar-refractivity contribution >= 4 is 39.5 Å². The van der Waals surface area contributed by atoms with Gasteiger partial charge in [-0.15, -0.1) is 0 Å². The number of aryl methyl sites for hydroxylation is 1. The number of rotatable bonds is 4. The Kier molecular flexibility index (Phi) is 4.82. The van der Waals surface area contributed by atoms with E-state index >= 15 is 0 Å². The van der Waals surface area contributed by atoms with Crippen LogP contribution >= 0.6 is 22.6 Å². The van der Waals surface area contributed by atoms with Crippen LogP contribution in [0, 0.1) is 10.5 Å². The Balaban J connectivity index is 2.67. The summed E-state index contributed by atoms with van der Waals surface area (Å²) in [6, 6.07) is 7.80. The van der Waals surface area contributed by atoms with Crippen molar-refractivity contribution in [2.75, 3.05) is 7.11 Å². The number of fused-ring (bicyclic) bond motifs is 1. The fourth-order valence-corrected chi connectivity index (χ4v) is 3.27. The number of pyridine rings is 1. The molecule has 1 heterocycles. The molecule has 0 amide bonds. The zero-order valence-electron chi connectivity index (χ0n) is 12.1. The fraction of sp³-hybridized carbons (Fsp3) is 0.250. The average Bonchev–Trinajstić information content (AvgIpc) is 2.45. The topological polar surface area (TPSA) is 48.4 Å². The molecule has 1 atom stereocenters. The van der Waals surface area contributed by atoms with E-state index in [4.69, 9.17) is 9.47 Å². The third-order valence-electron chi connectivity index (χ3n) is 3.05. The number of halogens is 1. The highest BCUT2D eigenvalue weighted by molar-refractivity contribution is 14.1. The summed E-state index contributed by atoms with van der Waals surface area (Å²) in [6.45, 7) is 7.27. The van der Waals surface area contributed by atoms with Crippen LogP contribution in [0.15, 0.2) is 36.6 Å². The molecular formula is C16H16INO3. The van der Waals surface area contributed by atoms with Gasteiger partial charge >= 0.3 is 5.97 Å². The monoisotopic (exact) mass is 397 g/mol. The van der Waals surface area contributed by atoms with E-state index in [9.17, 15) is 4.79 Å². The first kappa shape index (κ1) is 15.8. The van der Waals surface area contributed by atoms with Crippen LogP contribution in [0.4, 0.5) is 0 Å². The number of aromatic nitrogens is 1. The molecule has 0 aliphatic heterocycles. The number of para-hydroxylation sites is 1. The molecule has 0 bridgehead atoms. The highest BCUT2D eigenvalue weighted by Gasteiger charge is 2.29. The maximum absolute atomic E-state index is 12.1. The number of methoxy groups -OCH3 is 1. The molecule has 0 N–H and O–H groups in total. The van der Waals surface area contributed by atoms with E-state index in [1.165, 1.54) is 7.11 Å². The van der Waals surface area contributed by atoms with Crippen molar-refractivity contribution < 1.29 is 14.3 Å². The van der Waals surface area contributed by atoms with E-state index in [0.717, 1.165) is 25.7 Å². The SMILES string of the molecule is C=C(C)O[C@H](C(=O)OC)c1c(C)nc2ccccc2c1I. The molecule has 1 aromatic carbocycles. The van der Waals surface area contributed by atoms with Gasteiger partial charge in [0, 0.05) is 20.2 Å². The maximum atomic E-state index is 12.1. The molecule has 2 rings (SSSR count). The van der Waals surface area contributed by atoms with E-state index in [1.54, 1.807) is 6.92 Å². The second kappa shape index (κ2) is 6.43. The summed E-state index contributed by atoms with van der Waals surface area (Å²) in [5.74, 6) is -0.00939. The number of carbonyl (C=O) groups excluding carboxylic acids is 1. The van der Waals surface area contributed by atoms with Gasteiger partial charge in [0.25, 0.3) is 0 Å². The van der Waals surface area contributed by atoms with Crippen LogP contribution in [-0.4, -0.2) is 18.1 Å². The first-order chi connectivity index (χ1) is 9.95. The number of hydrogen-bond acceptors (Lipinski definition) is 4. The first-order valence-electron chi connectivity index (χ1n) is 6.40. The van der Waals surface area contributed by atoms with Crippen molar-refractivity contribution in [1.29, 1.82) is 0 Å². The number of esters is 1. The number of nitrogens with zero attached hydrogens (tertiary/aromatic N) is 1. The summed E-state index contributed by atoms with van der Waals surface area (Å²) in [6.07, 6.45) is -0.850. The van der Waals surface area contributed by atoms with Gasteiger partial charge in [0.2, 0.25) is 6.10 Å². The highest BCUT2D eigenvalue weighted by Crippen LogP contribution is 2.32. The first-order valence-corrected chi connectivity index (χ1v) is 7.48. The third kappa shape index (κ3) is 3.18. The Morgan fingerprint density at radius 1 is 1.38 bits per heavy atom. The van der Waals surface area contributed by atoms with Gasteiger partial charge in [0.05, 0.1) is 18.4 Å². The molecule has 0 spiro atoms. The van der Waals surface area contributed by atoms with Gasteiger partial charge in [-0.05, 0) is 42.5 Å². The fourth-order valence-electron chi connectivity index (χ4n) is 2.14. The van der Waals surface area contributed by atoms with Gasteiger partial charge < -0.3 is 9.47 Å². The second-order valence-corrected chi connectivity index (χ2v) is 5.74. The standard InChI is InChI=1S/C16H16INO3/c1-9(2)21-15(16(19)20-4)13-10(3)18-12-8-6-5-7-11(12)14(13)17/h5-8,15H,1H2,2-4H3/t15-/m0/s1. The lowest BCUT2D eigenvalue weighted by Crippen LogP contribution is -2.20. The molecule has 0 fully saturated rings. The van der Waals surface area contributed by atoms with Crippen LogP contribution in [-0.2, 0) is 14.3 Å². The molecule has 0 saturated carbocycles. The molecule has 0 saturated heterocycles. The molecule has 5 heteroatoms. The van der Waals surface area contributed by atoms with Gasteiger partial charge in [0.15, 0.2) is 0 Å². The highest BCUT2D eigenvalue weighted by atomic mass is 127. The lowest BCUT2D eigenvalue weighted by atomic mass is 10.0. The quantitative estimate of drug-likeness (QED) is 0.446. The second-order valence-electron chi connectivity index (χ2n) is 4.67. The van der Waals surface area contributed by atoms with E-state index in [1.807, 2.05) is 31.2 Å². The van der Waals surface area contributed by atoms with E-state index in [-0.39, 0.29) is 0 Å². The Morgan fingerprint density at radius 2 is 2.05 bits per heavy atom. The maximum Gasteiger partial charge on any atom is 0.351 e. The minimum atomic E-state index is -0.850. The van der Waals surface area contributed by atoms with Crippen LogP contribution < -0.4 is 0 Å². The predicted octanol–water partition coefficient (Wildman–Crippen LogP) is 3.91. The molecule has 0 aliphatic rings. The third-order valence-corrected chi connectivity index (χ3v) is 4.21. The minimum Gasteiger partial charge on any atom is -0.479 e. The van der Waals surface area contributed by atoms with Crippen molar-refractivity contribution in [1.82, 2.24) is 4.98 Å². The van der Waals surface area contributed by atoms with Gasteiger partial charge in [-0.3, -0.25) is 4.98 Å². The van der Waals surface area contributed by atoms with Crippen molar-refractivity contribution in [2.24, 2.45) is 0 Å². The number of hydrogen-bond donors (Lipinski definition) is 0. The lowest BCUT2D eigenvalue weighted by Gasteiger charge is -2.20.